The number of aryl methyl sites for hydroxylation is 2. The first-order valence-corrected chi connectivity index (χ1v) is 10.2. The molecule has 2 aromatic heterocycles. The van der Waals surface area contributed by atoms with Crippen molar-refractivity contribution in [3.8, 4) is 0 Å². The zero-order chi connectivity index (χ0) is 22.2. The number of aliphatic hydroxyl groups is 1. The molecule has 0 spiro atoms. The van der Waals surface area contributed by atoms with Crippen LogP contribution in [-0.2, 0) is 22.6 Å². The number of hydrogen-bond donors (Lipinski definition) is 3. The fraction of sp³-hybridized carbons (Fsp3) is 0.348. The average molecular weight is 422 g/mol. The lowest BCUT2D eigenvalue weighted by Crippen LogP contribution is -2.43. The normalized spacial score (nSPS) is 18.1. The summed E-state index contributed by atoms with van der Waals surface area (Å²) in [7, 11) is 1.77. The van der Waals surface area contributed by atoms with Gasteiger partial charge in [-0.15, -0.1) is 0 Å². The monoisotopic (exact) mass is 422 g/mol. The van der Waals surface area contributed by atoms with Crippen molar-refractivity contribution in [2.75, 3.05) is 24.2 Å². The number of pyridine rings is 1. The van der Waals surface area contributed by atoms with Gasteiger partial charge < -0.3 is 25.1 Å². The van der Waals surface area contributed by atoms with Gasteiger partial charge in [-0.2, -0.15) is 0 Å². The van der Waals surface area contributed by atoms with Crippen LogP contribution >= 0.6 is 0 Å². The van der Waals surface area contributed by atoms with Crippen LogP contribution in [0.2, 0.25) is 0 Å². The molecule has 1 aromatic carbocycles. The van der Waals surface area contributed by atoms with Crippen molar-refractivity contribution >= 4 is 34.3 Å². The van der Waals surface area contributed by atoms with Crippen molar-refractivity contribution in [2.45, 2.75) is 38.8 Å². The maximum Gasteiger partial charge on any atom is 0.259 e. The molecule has 0 saturated carbocycles. The van der Waals surface area contributed by atoms with E-state index in [1.54, 1.807) is 18.1 Å². The lowest BCUT2D eigenvalue weighted by atomic mass is 10.1. The summed E-state index contributed by atoms with van der Waals surface area (Å²) in [6.45, 7) is 3.93. The van der Waals surface area contributed by atoms with Crippen LogP contribution in [0.5, 0.6) is 0 Å². The molecule has 8 heteroatoms. The van der Waals surface area contributed by atoms with Gasteiger partial charge in [-0.05, 0) is 38.0 Å². The Labute approximate surface area is 180 Å². The number of furan rings is 1. The number of nitrogens with zero attached hydrogens (tertiary/aromatic N) is 2. The van der Waals surface area contributed by atoms with E-state index in [-0.39, 0.29) is 12.5 Å². The number of benzene rings is 1. The van der Waals surface area contributed by atoms with Crippen LogP contribution in [0, 0.1) is 6.92 Å². The number of carbonyl (C=O) groups excluding carboxylic acids is 2. The van der Waals surface area contributed by atoms with Gasteiger partial charge in [0.1, 0.15) is 11.3 Å². The summed E-state index contributed by atoms with van der Waals surface area (Å²) in [6.07, 6.45) is 2.46. The summed E-state index contributed by atoms with van der Waals surface area (Å²) in [5.74, 6) is 0.654. The maximum absolute atomic E-state index is 12.7. The van der Waals surface area contributed by atoms with Crippen LogP contribution in [0.3, 0.4) is 0 Å². The highest BCUT2D eigenvalue weighted by Gasteiger charge is 2.33. The molecule has 0 aliphatic carbocycles. The topological polar surface area (TPSA) is 108 Å². The third-order valence-corrected chi connectivity index (χ3v) is 5.67. The molecule has 0 radical (unpaired) electrons. The van der Waals surface area contributed by atoms with Gasteiger partial charge in [-0.1, -0.05) is 18.2 Å². The van der Waals surface area contributed by atoms with Crippen molar-refractivity contribution in [2.24, 2.45) is 0 Å². The Bertz CT molecular complexity index is 1150. The second-order valence-electron chi connectivity index (χ2n) is 8.22. The van der Waals surface area contributed by atoms with E-state index in [0.717, 1.165) is 27.9 Å². The molecular formula is C23H26N4O4. The molecule has 3 N–H and O–H groups in total. The number of amides is 2. The van der Waals surface area contributed by atoms with Gasteiger partial charge in [0.25, 0.3) is 5.91 Å². The van der Waals surface area contributed by atoms with Crippen molar-refractivity contribution < 1.29 is 19.1 Å². The molecule has 0 unspecified atom stereocenters. The summed E-state index contributed by atoms with van der Waals surface area (Å²) in [6, 6.07) is 9.69. The molecular weight excluding hydrogens is 396 g/mol. The maximum atomic E-state index is 12.7. The van der Waals surface area contributed by atoms with Gasteiger partial charge in [0.15, 0.2) is 11.4 Å². The SMILES string of the molecule is Cc1c(CN(C)C(=O)CCc2cnc3c(c2)NC[C@](C)(O)C(=O)N3)oc2ccccc12. The van der Waals surface area contributed by atoms with Crippen molar-refractivity contribution in [3.63, 3.8) is 0 Å². The van der Waals surface area contributed by atoms with Crippen LogP contribution in [0.4, 0.5) is 11.5 Å². The minimum Gasteiger partial charge on any atom is -0.459 e. The first kappa shape index (κ1) is 20.9. The Hall–Kier alpha value is -3.39. The van der Waals surface area contributed by atoms with Crippen LogP contribution in [0.15, 0.2) is 40.9 Å². The van der Waals surface area contributed by atoms with Gasteiger partial charge >= 0.3 is 0 Å². The van der Waals surface area contributed by atoms with E-state index in [0.29, 0.717) is 30.9 Å². The highest BCUT2D eigenvalue weighted by Crippen LogP contribution is 2.27. The molecule has 0 saturated heterocycles. The Kier molecular flexibility index (Phi) is 5.41. The standard InChI is InChI=1S/C23H26N4O4/c1-14-16-6-4-5-7-18(16)31-19(14)12-27(3)20(28)9-8-15-10-17-21(24-11-15)26-22(29)23(2,30)13-25-17/h4-7,10-11,25,30H,8-9,12-13H2,1-3H3,(H,24,26,29)/t23-/m0/s1. The number of para-hydroxylation sites is 1. The third kappa shape index (κ3) is 4.25. The zero-order valence-electron chi connectivity index (χ0n) is 17.9. The van der Waals surface area contributed by atoms with Gasteiger partial charge in [-0.3, -0.25) is 9.59 Å². The third-order valence-electron chi connectivity index (χ3n) is 5.67. The van der Waals surface area contributed by atoms with Crippen LogP contribution < -0.4 is 10.6 Å². The van der Waals surface area contributed by atoms with Crippen LogP contribution in [-0.4, -0.2) is 46.0 Å². The molecule has 4 rings (SSSR count). The number of β-amino-alcohol motifs (C(OH)–C–C–N with tert-alkyl or cyclic N) is 1. The van der Waals surface area contributed by atoms with Gasteiger partial charge in [0, 0.05) is 30.6 Å². The van der Waals surface area contributed by atoms with Crippen LogP contribution in [0.25, 0.3) is 11.0 Å². The minimum absolute atomic E-state index is 0.000931. The molecule has 1 atom stereocenters. The summed E-state index contributed by atoms with van der Waals surface area (Å²) < 4.78 is 5.91. The zero-order valence-corrected chi connectivity index (χ0v) is 17.9. The number of anilines is 2. The lowest BCUT2D eigenvalue weighted by molar-refractivity contribution is -0.131. The number of hydrogen-bond acceptors (Lipinski definition) is 6. The van der Waals surface area contributed by atoms with Gasteiger partial charge in [-0.25, -0.2) is 4.98 Å². The second-order valence-corrected chi connectivity index (χ2v) is 8.22. The van der Waals surface area contributed by atoms with E-state index in [9.17, 15) is 14.7 Å². The molecule has 31 heavy (non-hydrogen) atoms. The number of rotatable bonds is 5. The molecule has 3 aromatic rings. The number of fused-ring (bicyclic) bond motifs is 2. The van der Waals surface area contributed by atoms with E-state index in [1.807, 2.05) is 37.3 Å². The van der Waals surface area contributed by atoms with E-state index in [4.69, 9.17) is 4.42 Å². The van der Waals surface area contributed by atoms with Gasteiger partial charge in [0.05, 0.1) is 18.8 Å². The Morgan fingerprint density at radius 1 is 1.35 bits per heavy atom. The number of nitrogens with one attached hydrogen (secondary N) is 2. The van der Waals surface area contributed by atoms with E-state index in [2.05, 4.69) is 15.6 Å². The second kappa shape index (κ2) is 8.03. The number of carbonyl (C=O) groups is 2. The van der Waals surface area contributed by atoms with E-state index >= 15 is 0 Å². The highest BCUT2D eigenvalue weighted by molar-refractivity contribution is 6.00. The Morgan fingerprint density at radius 2 is 2.13 bits per heavy atom. The summed E-state index contributed by atoms with van der Waals surface area (Å²) in [5, 5.41) is 16.9. The molecule has 0 fully saturated rings. The molecule has 3 heterocycles. The molecule has 162 valence electrons. The summed E-state index contributed by atoms with van der Waals surface area (Å²) in [5.41, 5.74) is 1.85. The fourth-order valence-corrected chi connectivity index (χ4v) is 3.59. The van der Waals surface area contributed by atoms with E-state index < -0.39 is 11.5 Å². The summed E-state index contributed by atoms with van der Waals surface area (Å²) in [4.78, 5) is 30.6. The average Bonchev–Trinajstić information content (AvgIpc) is 3.00. The predicted octanol–water partition coefficient (Wildman–Crippen LogP) is 2.84. The lowest BCUT2D eigenvalue weighted by Gasteiger charge is -2.18. The highest BCUT2D eigenvalue weighted by atomic mass is 16.3. The molecule has 2 amide bonds. The summed E-state index contributed by atoms with van der Waals surface area (Å²) >= 11 is 0. The molecule has 1 aliphatic heterocycles. The smallest absolute Gasteiger partial charge is 0.259 e. The Balaban J connectivity index is 1.39. The quantitative estimate of drug-likeness (QED) is 0.584. The minimum atomic E-state index is -1.52. The van der Waals surface area contributed by atoms with Crippen LogP contribution in [0.1, 0.15) is 30.2 Å². The fourth-order valence-electron chi connectivity index (χ4n) is 3.59. The van der Waals surface area contributed by atoms with E-state index in [1.165, 1.54) is 6.92 Å². The molecule has 1 aliphatic rings. The Morgan fingerprint density at radius 3 is 2.90 bits per heavy atom. The molecule has 8 nitrogen and oxygen atoms in total. The molecule has 0 bridgehead atoms. The van der Waals surface area contributed by atoms with Crippen molar-refractivity contribution in [3.05, 3.63) is 53.4 Å². The first-order chi connectivity index (χ1) is 14.7. The van der Waals surface area contributed by atoms with Gasteiger partial charge in [0.2, 0.25) is 5.91 Å². The number of aromatic nitrogens is 1. The van der Waals surface area contributed by atoms with Crippen molar-refractivity contribution in [1.82, 2.24) is 9.88 Å². The largest absolute Gasteiger partial charge is 0.459 e. The first-order valence-electron chi connectivity index (χ1n) is 10.2. The predicted molar refractivity (Wildman–Crippen MR) is 118 cm³/mol. The van der Waals surface area contributed by atoms with Crippen molar-refractivity contribution in [1.29, 1.82) is 0 Å².